The molecule has 0 atom stereocenters. The lowest BCUT2D eigenvalue weighted by atomic mass is 10.2. The molecular formula is C16H14FN5O2. The largest absolute Gasteiger partial charge is 0.368 e. The third kappa shape index (κ3) is 4.78. The lowest BCUT2D eigenvalue weighted by molar-refractivity contribution is -0.136. The predicted octanol–water partition coefficient (Wildman–Crippen LogP) is 1.26. The lowest BCUT2D eigenvalue weighted by Crippen LogP contribution is -2.37. The first-order valence-corrected chi connectivity index (χ1v) is 7.04. The average molecular weight is 327 g/mol. The smallest absolute Gasteiger partial charge is 0.313 e. The minimum absolute atomic E-state index is 0.166. The minimum Gasteiger partial charge on any atom is -0.368 e. The Bertz CT molecular complexity index is 774. The summed E-state index contributed by atoms with van der Waals surface area (Å²) in [5.41, 5.74) is -0.0486. The molecule has 0 fully saturated rings. The van der Waals surface area contributed by atoms with Crippen LogP contribution in [0.15, 0.2) is 42.6 Å². The van der Waals surface area contributed by atoms with Crippen LogP contribution < -0.4 is 16.0 Å². The second-order valence-electron chi connectivity index (χ2n) is 4.66. The van der Waals surface area contributed by atoms with Crippen molar-refractivity contribution in [1.29, 1.82) is 5.26 Å². The fourth-order valence-corrected chi connectivity index (χ4v) is 1.79. The van der Waals surface area contributed by atoms with Gasteiger partial charge in [0, 0.05) is 25.0 Å². The van der Waals surface area contributed by atoms with Gasteiger partial charge in [-0.2, -0.15) is 5.26 Å². The van der Waals surface area contributed by atoms with Crippen molar-refractivity contribution in [2.24, 2.45) is 0 Å². The van der Waals surface area contributed by atoms with Gasteiger partial charge < -0.3 is 16.0 Å². The van der Waals surface area contributed by atoms with Crippen LogP contribution in [0.25, 0.3) is 0 Å². The van der Waals surface area contributed by atoms with Gasteiger partial charge in [-0.1, -0.05) is 6.07 Å². The van der Waals surface area contributed by atoms with E-state index in [1.54, 1.807) is 24.4 Å². The number of nitrogens with one attached hydrogen (secondary N) is 3. The third-order valence-corrected chi connectivity index (χ3v) is 2.93. The number of carbonyl (C=O) groups excluding carboxylic acids is 2. The maximum atomic E-state index is 13.2. The van der Waals surface area contributed by atoms with Crippen LogP contribution in [0, 0.1) is 17.1 Å². The SMILES string of the molecule is N#Cc1cc(NC(=O)C(=O)NCCNc2ccccn2)ccc1F. The molecule has 24 heavy (non-hydrogen) atoms. The molecule has 3 N–H and O–H groups in total. The van der Waals surface area contributed by atoms with E-state index in [-0.39, 0.29) is 17.8 Å². The fraction of sp³-hybridized carbons (Fsp3) is 0.125. The summed E-state index contributed by atoms with van der Waals surface area (Å²) in [4.78, 5) is 27.5. The Hall–Kier alpha value is -3.47. The maximum Gasteiger partial charge on any atom is 0.313 e. The molecule has 1 aromatic heterocycles. The molecular weight excluding hydrogens is 313 g/mol. The summed E-state index contributed by atoms with van der Waals surface area (Å²) in [6.07, 6.45) is 1.63. The van der Waals surface area contributed by atoms with Crippen LogP contribution in [-0.4, -0.2) is 29.9 Å². The van der Waals surface area contributed by atoms with Crippen LogP contribution in [-0.2, 0) is 9.59 Å². The van der Waals surface area contributed by atoms with Crippen LogP contribution in [0.2, 0.25) is 0 Å². The van der Waals surface area contributed by atoms with Crippen molar-refractivity contribution in [2.45, 2.75) is 0 Å². The normalized spacial score (nSPS) is 9.67. The van der Waals surface area contributed by atoms with Gasteiger partial charge >= 0.3 is 11.8 Å². The molecule has 0 radical (unpaired) electrons. The summed E-state index contributed by atoms with van der Waals surface area (Å²) in [5.74, 6) is -1.77. The summed E-state index contributed by atoms with van der Waals surface area (Å²) in [6.45, 7) is 0.612. The summed E-state index contributed by atoms with van der Waals surface area (Å²) in [6, 6.07) is 10.5. The van der Waals surface area contributed by atoms with E-state index in [2.05, 4.69) is 20.9 Å². The number of rotatable bonds is 5. The van der Waals surface area contributed by atoms with E-state index in [4.69, 9.17) is 5.26 Å². The summed E-state index contributed by atoms with van der Waals surface area (Å²) >= 11 is 0. The van der Waals surface area contributed by atoms with Crippen LogP contribution in [0.1, 0.15) is 5.56 Å². The molecule has 0 aliphatic carbocycles. The van der Waals surface area contributed by atoms with E-state index in [1.807, 2.05) is 6.07 Å². The van der Waals surface area contributed by atoms with Crippen molar-refractivity contribution in [1.82, 2.24) is 10.3 Å². The lowest BCUT2D eigenvalue weighted by Gasteiger charge is -2.08. The molecule has 0 aliphatic rings. The number of pyridine rings is 1. The minimum atomic E-state index is -0.900. The van der Waals surface area contributed by atoms with Crippen molar-refractivity contribution in [3.05, 3.63) is 54.0 Å². The first-order chi connectivity index (χ1) is 11.6. The van der Waals surface area contributed by atoms with Gasteiger partial charge in [0.2, 0.25) is 0 Å². The fourth-order valence-electron chi connectivity index (χ4n) is 1.79. The zero-order valence-electron chi connectivity index (χ0n) is 12.5. The number of benzene rings is 1. The number of hydrogen-bond donors (Lipinski definition) is 3. The second kappa shape index (κ2) is 8.24. The first kappa shape index (κ1) is 16.9. The monoisotopic (exact) mass is 327 g/mol. The zero-order valence-corrected chi connectivity index (χ0v) is 12.5. The number of anilines is 2. The van der Waals surface area contributed by atoms with Gasteiger partial charge in [-0.3, -0.25) is 9.59 Å². The van der Waals surface area contributed by atoms with Crippen molar-refractivity contribution in [2.75, 3.05) is 23.7 Å². The molecule has 0 saturated heterocycles. The molecule has 122 valence electrons. The van der Waals surface area contributed by atoms with Gasteiger partial charge in [-0.25, -0.2) is 9.37 Å². The molecule has 2 rings (SSSR count). The van der Waals surface area contributed by atoms with Crippen molar-refractivity contribution in [3.63, 3.8) is 0 Å². The van der Waals surface area contributed by atoms with Gasteiger partial charge in [0.25, 0.3) is 0 Å². The average Bonchev–Trinajstić information content (AvgIpc) is 2.61. The Balaban J connectivity index is 1.78. The van der Waals surface area contributed by atoms with Crippen molar-refractivity contribution < 1.29 is 14.0 Å². The number of nitrogens with zero attached hydrogens (tertiary/aromatic N) is 2. The highest BCUT2D eigenvalue weighted by molar-refractivity contribution is 6.39. The van der Waals surface area contributed by atoms with Crippen molar-refractivity contribution >= 4 is 23.3 Å². The Kier molecular flexibility index (Phi) is 5.80. The number of nitriles is 1. The number of aromatic nitrogens is 1. The number of carbonyl (C=O) groups is 2. The maximum absolute atomic E-state index is 13.2. The van der Waals surface area contributed by atoms with Crippen LogP contribution in [0.3, 0.4) is 0 Å². The van der Waals surface area contributed by atoms with E-state index in [9.17, 15) is 14.0 Å². The van der Waals surface area contributed by atoms with Crippen LogP contribution in [0.4, 0.5) is 15.9 Å². The van der Waals surface area contributed by atoms with Gasteiger partial charge in [-0.05, 0) is 30.3 Å². The summed E-state index contributed by atoms with van der Waals surface area (Å²) in [5, 5.41) is 16.4. The molecule has 0 unspecified atom stereocenters. The topological polar surface area (TPSA) is 107 Å². The van der Waals surface area contributed by atoms with E-state index < -0.39 is 17.6 Å². The molecule has 0 saturated carbocycles. The molecule has 0 bridgehead atoms. The van der Waals surface area contributed by atoms with E-state index in [0.717, 1.165) is 12.1 Å². The molecule has 0 aliphatic heterocycles. The highest BCUT2D eigenvalue weighted by atomic mass is 19.1. The van der Waals surface area contributed by atoms with E-state index in [1.165, 1.54) is 6.07 Å². The van der Waals surface area contributed by atoms with Gasteiger partial charge in [-0.15, -0.1) is 0 Å². The second-order valence-corrected chi connectivity index (χ2v) is 4.66. The predicted molar refractivity (Wildman–Crippen MR) is 85.5 cm³/mol. The first-order valence-electron chi connectivity index (χ1n) is 7.04. The third-order valence-electron chi connectivity index (χ3n) is 2.93. The molecule has 8 heteroatoms. The van der Waals surface area contributed by atoms with Gasteiger partial charge in [0.15, 0.2) is 0 Å². The summed E-state index contributed by atoms with van der Waals surface area (Å²) in [7, 11) is 0. The number of halogens is 1. The summed E-state index contributed by atoms with van der Waals surface area (Å²) < 4.78 is 13.2. The Morgan fingerprint density at radius 2 is 2.00 bits per heavy atom. The number of hydrogen-bond acceptors (Lipinski definition) is 5. The van der Waals surface area contributed by atoms with Crippen LogP contribution in [0.5, 0.6) is 0 Å². The highest BCUT2D eigenvalue weighted by Gasteiger charge is 2.14. The highest BCUT2D eigenvalue weighted by Crippen LogP contribution is 2.13. The molecule has 2 amide bonds. The standard InChI is InChI=1S/C16H14FN5O2/c17-13-5-4-12(9-11(13)10-18)22-16(24)15(23)21-8-7-20-14-3-1-2-6-19-14/h1-6,9H,7-8H2,(H,19,20)(H,21,23)(H,22,24). The molecule has 7 nitrogen and oxygen atoms in total. The molecule has 2 aromatic rings. The molecule has 0 spiro atoms. The van der Waals surface area contributed by atoms with Crippen LogP contribution >= 0.6 is 0 Å². The zero-order chi connectivity index (χ0) is 17.4. The van der Waals surface area contributed by atoms with E-state index >= 15 is 0 Å². The van der Waals surface area contributed by atoms with Crippen molar-refractivity contribution in [3.8, 4) is 6.07 Å². The van der Waals surface area contributed by atoms with E-state index in [0.29, 0.717) is 12.4 Å². The van der Waals surface area contributed by atoms with Gasteiger partial charge in [0.05, 0.1) is 5.56 Å². The number of amides is 2. The van der Waals surface area contributed by atoms with Gasteiger partial charge in [0.1, 0.15) is 17.7 Å². The Labute approximate surface area is 137 Å². The quantitative estimate of drug-likeness (QED) is 0.566. The molecule has 1 heterocycles. The Morgan fingerprint density at radius 1 is 1.17 bits per heavy atom. The Morgan fingerprint density at radius 3 is 2.71 bits per heavy atom. The molecule has 1 aromatic carbocycles.